The molecule has 7 heteroatoms. The summed E-state index contributed by atoms with van der Waals surface area (Å²) >= 11 is 1.45. The van der Waals surface area contributed by atoms with Crippen molar-refractivity contribution in [1.29, 1.82) is 0 Å². The fraction of sp³-hybridized carbons (Fsp3) is 0.308. The Labute approximate surface area is 119 Å². The maximum absolute atomic E-state index is 11.5. The van der Waals surface area contributed by atoms with Gasteiger partial charge in [0.2, 0.25) is 0 Å². The average molecular weight is 293 g/mol. The van der Waals surface area contributed by atoms with E-state index >= 15 is 0 Å². The summed E-state index contributed by atoms with van der Waals surface area (Å²) in [5.41, 5.74) is 1.05. The van der Waals surface area contributed by atoms with Crippen LogP contribution >= 0.6 is 11.8 Å². The molecule has 1 aromatic heterocycles. The number of aromatic carboxylic acids is 1. The van der Waals surface area contributed by atoms with Crippen LogP contribution in [0.25, 0.3) is 0 Å². The highest BCUT2D eigenvalue weighted by Gasteiger charge is 2.08. The van der Waals surface area contributed by atoms with Gasteiger partial charge < -0.3 is 5.11 Å². The molecule has 2 aromatic rings. The van der Waals surface area contributed by atoms with Gasteiger partial charge in [0.25, 0.3) is 0 Å². The number of H-pyrrole nitrogens is 1. The maximum Gasteiger partial charge on any atom is 0.343 e. The molecule has 0 aliphatic heterocycles. The molecule has 0 saturated heterocycles. The molecule has 6 nitrogen and oxygen atoms in total. The third-order valence-corrected chi connectivity index (χ3v) is 3.79. The van der Waals surface area contributed by atoms with Crippen molar-refractivity contribution in [2.75, 3.05) is 0 Å². The quantitative estimate of drug-likeness (QED) is 0.795. The molecule has 0 saturated carbocycles. The zero-order valence-electron chi connectivity index (χ0n) is 11.0. The summed E-state index contributed by atoms with van der Waals surface area (Å²) in [6.45, 7) is 2.63. The highest BCUT2D eigenvalue weighted by atomic mass is 32.2. The van der Waals surface area contributed by atoms with E-state index in [1.807, 2.05) is 6.92 Å². The molecule has 0 fully saturated rings. The molecule has 1 heterocycles. The van der Waals surface area contributed by atoms with E-state index in [0.29, 0.717) is 17.5 Å². The molecular weight excluding hydrogens is 278 g/mol. The lowest BCUT2D eigenvalue weighted by Crippen LogP contribution is -2.17. The van der Waals surface area contributed by atoms with Crippen LogP contribution in [-0.4, -0.2) is 25.8 Å². The SMILES string of the molecule is CCCn1c(SCc2ccc(C(=O)O)cc2)n[nH]c1=O. The Morgan fingerprint density at radius 2 is 2.10 bits per heavy atom. The molecule has 2 rings (SSSR count). The van der Waals surface area contributed by atoms with Gasteiger partial charge >= 0.3 is 11.7 Å². The molecule has 2 N–H and O–H groups in total. The van der Waals surface area contributed by atoms with Crippen molar-refractivity contribution < 1.29 is 9.90 Å². The maximum atomic E-state index is 11.5. The predicted octanol–water partition coefficient (Wildman–Crippen LogP) is 1.97. The van der Waals surface area contributed by atoms with Crippen LogP contribution in [-0.2, 0) is 12.3 Å². The molecule has 0 bridgehead atoms. The first kappa shape index (κ1) is 14.4. The van der Waals surface area contributed by atoms with Gasteiger partial charge in [0.15, 0.2) is 5.16 Å². The largest absolute Gasteiger partial charge is 0.478 e. The topological polar surface area (TPSA) is 88.0 Å². The van der Waals surface area contributed by atoms with Crippen molar-refractivity contribution in [3.05, 3.63) is 45.9 Å². The van der Waals surface area contributed by atoms with Gasteiger partial charge in [-0.1, -0.05) is 30.8 Å². The lowest BCUT2D eigenvalue weighted by Gasteiger charge is -2.04. The normalized spacial score (nSPS) is 10.7. The van der Waals surface area contributed by atoms with E-state index in [-0.39, 0.29) is 11.3 Å². The van der Waals surface area contributed by atoms with Crippen LogP contribution in [0.4, 0.5) is 0 Å². The summed E-state index contributed by atoms with van der Waals surface area (Å²) in [7, 11) is 0. The fourth-order valence-corrected chi connectivity index (χ4v) is 2.65. The van der Waals surface area contributed by atoms with Crippen molar-refractivity contribution in [2.24, 2.45) is 0 Å². The Kier molecular flexibility index (Phi) is 4.62. The molecule has 106 valence electrons. The van der Waals surface area contributed by atoms with Crippen LogP contribution in [0.5, 0.6) is 0 Å². The molecule has 0 spiro atoms. The van der Waals surface area contributed by atoms with Crippen molar-refractivity contribution in [1.82, 2.24) is 14.8 Å². The number of aromatic nitrogens is 3. The minimum atomic E-state index is -0.937. The number of aromatic amines is 1. The van der Waals surface area contributed by atoms with Gasteiger partial charge in [-0.25, -0.2) is 14.7 Å². The first-order valence-electron chi connectivity index (χ1n) is 6.22. The number of rotatable bonds is 6. The second kappa shape index (κ2) is 6.42. The molecular formula is C13H15N3O3S. The number of benzene rings is 1. The van der Waals surface area contributed by atoms with Crippen LogP contribution in [0.3, 0.4) is 0 Å². The van der Waals surface area contributed by atoms with Gasteiger partial charge in [0.05, 0.1) is 5.56 Å². The highest BCUT2D eigenvalue weighted by Crippen LogP contribution is 2.20. The van der Waals surface area contributed by atoms with E-state index in [4.69, 9.17) is 5.11 Å². The van der Waals surface area contributed by atoms with E-state index < -0.39 is 5.97 Å². The first-order valence-corrected chi connectivity index (χ1v) is 7.20. The lowest BCUT2D eigenvalue weighted by atomic mass is 10.1. The Hall–Kier alpha value is -2.02. The van der Waals surface area contributed by atoms with Gasteiger partial charge in [0, 0.05) is 12.3 Å². The zero-order valence-corrected chi connectivity index (χ0v) is 11.8. The number of hydrogen-bond donors (Lipinski definition) is 2. The van der Waals surface area contributed by atoms with Gasteiger partial charge in [-0.05, 0) is 24.1 Å². The number of carboxylic acid groups (broad SMARTS) is 1. The summed E-state index contributed by atoms with van der Waals surface area (Å²) in [4.78, 5) is 22.3. The van der Waals surface area contributed by atoms with E-state index in [2.05, 4.69) is 10.2 Å². The molecule has 0 amide bonds. The van der Waals surface area contributed by atoms with E-state index in [1.54, 1.807) is 28.8 Å². The monoisotopic (exact) mass is 293 g/mol. The van der Waals surface area contributed by atoms with Gasteiger partial charge in [-0.2, -0.15) is 0 Å². The van der Waals surface area contributed by atoms with Gasteiger partial charge in [-0.3, -0.25) is 4.57 Å². The number of thioether (sulfide) groups is 1. The van der Waals surface area contributed by atoms with Crippen molar-refractivity contribution in [3.8, 4) is 0 Å². The summed E-state index contributed by atoms with van der Waals surface area (Å²) in [5, 5.41) is 15.9. The second-order valence-corrected chi connectivity index (χ2v) is 5.20. The van der Waals surface area contributed by atoms with E-state index in [9.17, 15) is 9.59 Å². The van der Waals surface area contributed by atoms with Crippen LogP contribution in [0.2, 0.25) is 0 Å². The number of carbonyl (C=O) groups is 1. The summed E-state index contributed by atoms with van der Waals surface area (Å²) in [6, 6.07) is 6.68. The molecule has 0 radical (unpaired) electrons. The minimum absolute atomic E-state index is 0.199. The Bertz CT molecular complexity index is 646. The number of nitrogens with zero attached hydrogens (tertiary/aromatic N) is 2. The first-order chi connectivity index (χ1) is 9.61. The molecule has 20 heavy (non-hydrogen) atoms. The predicted molar refractivity (Wildman–Crippen MR) is 76.1 cm³/mol. The third-order valence-electron chi connectivity index (χ3n) is 2.74. The number of hydrogen-bond acceptors (Lipinski definition) is 4. The molecule has 0 aliphatic rings. The summed E-state index contributed by atoms with van der Waals surface area (Å²) < 4.78 is 1.61. The molecule has 0 aliphatic carbocycles. The van der Waals surface area contributed by atoms with Gasteiger partial charge in [0.1, 0.15) is 0 Å². The Morgan fingerprint density at radius 3 is 2.70 bits per heavy atom. The standard InChI is InChI=1S/C13H15N3O3S/c1-2-7-16-12(19)14-15-13(16)20-8-9-3-5-10(6-4-9)11(17)18/h3-6H,2,7-8H2,1H3,(H,14,19)(H,17,18). The van der Waals surface area contributed by atoms with Crippen molar-refractivity contribution in [2.45, 2.75) is 30.8 Å². The summed E-state index contributed by atoms with van der Waals surface area (Å²) in [5.74, 6) is -0.304. The third kappa shape index (κ3) is 3.30. The Morgan fingerprint density at radius 1 is 1.40 bits per heavy atom. The van der Waals surface area contributed by atoms with Gasteiger partial charge in [-0.15, -0.1) is 5.10 Å². The fourth-order valence-electron chi connectivity index (χ4n) is 1.73. The van der Waals surface area contributed by atoms with Crippen LogP contribution in [0.15, 0.2) is 34.2 Å². The minimum Gasteiger partial charge on any atom is -0.478 e. The van der Waals surface area contributed by atoms with Crippen molar-refractivity contribution in [3.63, 3.8) is 0 Å². The lowest BCUT2D eigenvalue weighted by molar-refractivity contribution is 0.0697. The molecule has 1 aromatic carbocycles. The second-order valence-electron chi connectivity index (χ2n) is 4.25. The Balaban J connectivity index is 2.05. The van der Waals surface area contributed by atoms with Crippen molar-refractivity contribution >= 4 is 17.7 Å². The summed E-state index contributed by atoms with van der Waals surface area (Å²) in [6.07, 6.45) is 0.861. The smallest absolute Gasteiger partial charge is 0.343 e. The van der Waals surface area contributed by atoms with E-state index in [0.717, 1.165) is 12.0 Å². The van der Waals surface area contributed by atoms with Crippen LogP contribution in [0, 0.1) is 0 Å². The molecule has 0 atom stereocenters. The average Bonchev–Trinajstić information content (AvgIpc) is 2.79. The zero-order chi connectivity index (χ0) is 14.5. The number of carboxylic acids is 1. The number of nitrogens with one attached hydrogen (secondary N) is 1. The molecule has 0 unspecified atom stereocenters. The van der Waals surface area contributed by atoms with Crippen LogP contribution in [0.1, 0.15) is 29.3 Å². The van der Waals surface area contributed by atoms with Crippen LogP contribution < -0.4 is 5.69 Å². The highest BCUT2D eigenvalue weighted by molar-refractivity contribution is 7.98. The van der Waals surface area contributed by atoms with E-state index in [1.165, 1.54) is 11.8 Å².